The fraction of sp³-hybridized carbons (Fsp3) is 0.533. The van der Waals surface area contributed by atoms with Crippen molar-refractivity contribution in [2.75, 3.05) is 11.9 Å². The van der Waals surface area contributed by atoms with E-state index in [0.717, 1.165) is 37.1 Å². The van der Waals surface area contributed by atoms with E-state index in [1.54, 1.807) is 0 Å². The summed E-state index contributed by atoms with van der Waals surface area (Å²) in [6.45, 7) is 3.10. The quantitative estimate of drug-likeness (QED) is 0.837. The zero-order valence-electron chi connectivity index (χ0n) is 11.0. The van der Waals surface area contributed by atoms with E-state index in [1.807, 2.05) is 24.3 Å². The van der Waals surface area contributed by atoms with Crippen LogP contribution in [-0.2, 0) is 0 Å². The normalized spacial score (nSPS) is 15.6. The first-order valence-corrected chi connectivity index (χ1v) is 6.94. The summed E-state index contributed by atoms with van der Waals surface area (Å²) in [4.78, 5) is 12.0. The highest BCUT2D eigenvalue weighted by atomic mass is 16.1. The van der Waals surface area contributed by atoms with E-state index < -0.39 is 0 Å². The van der Waals surface area contributed by atoms with Gasteiger partial charge in [-0.1, -0.05) is 19.8 Å². The van der Waals surface area contributed by atoms with Crippen LogP contribution in [0.2, 0.25) is 0 Å². The van der Waals surface area contributed by atoms with Gasteiger partial charge < -0.3 is 10.6 Å². The summed E-state index contributed by atoms with van der Waals surface area (Å²) in [6, 6.07) is 8.11. The molecule has 3 heteroatoms. The number of anilines is 1. The molecule has 3 nitrogen and oxygen atoms in total. The molecule has 0 spiro atoms. The Hall–Kier alpha value is -1.51. The zero-order valence-corrected chi connectivity index (χ0v) is 11.0. The summed E-state index contributed by atoms with van der Waals surface area (Å²) in [7, 11) is 0. The average molecular weight is 246 g/mol. The van der Waals surface area contributed by atoms with Crippen LogP contribution in [0.4, 0.5) is 5.69 Å². The average Bonchev–Trinajstić information content (AvgIpc) is 2.89. The number of benzene rings is 1. The molecule has 2 rings (SSSR count). The SMILES string of the molecule is CCCNc1ccc(C(=O)NC2CCCC2)cc1. The number of amides is 1. The van der Waals surface area contributed by atoms with Crippen LogP contribution in [0.1, 0.15) is 49.4 Å². The summed E-state index contributed by atoms with van der Waals surface area (Å²) in [5.74, 6) is 0.0592. The molecule has 1 aliphatic rings. The van der Waals surface area contributed by atoms with Crippen LogP contribution < -0.4 is 10.6 Å². The number of carbonyl (C=O) groups is 1. The highest BCUT2D eigenvalue weighted by Crippen LogP contribution is 2.18. The second-order valence-electron chi connectivity index (χ2n) is 4.96. The molecule has 0 aliphatic heterocycles. The van der Waals surface area contributed by atoms with Crippen molar-refractivity contribution >= 4 is 11.6 Å². The van der Waals surface area contributed by atoms with Gasteiger partial charge in [-0.05, 0) is 43.5 Å². The van der Waals surface area contributed by atoms with E-state index >= 15 is 0 Å². The monoisotopic (exact) mass is 246 g/mol. The van der Waals surface area contributed by atoms with Crippen molar-refractivity contribution in [2.24, 2.45) is 0 Å². The number of carbonyl (C=O) groups excluding carboxylic acids is 1. The van der Waals surface area contributed by atoms with Gasteiger partial charge in [0.15, 0.2) is 0 Å². The van der Waals surface area contributed by atoms with Crippen molar-refractivity contribution in [1.29, 1.82) is 0 Å². The molecule has 0 unspecified atom stereocenters. The fourth-order valence-electron chi connectivity index (χ4n) is 2.35. The fourth-order valence-corrected chi connectivity index (χ4v) is 2.35. The zero-order chi connectivity index (χ0) is 12.8. The molecule has 98 valence electrons. The van der Waals surface area contributed by atoms with E-state index in [1.165, 1.54) is 12.8 Å². The maximum Gasteiger partial charge on any atom is 0.251 e. The highest BCUT2D eigenvalue weighted by molar-refractivity contribution is 5.94. The number of hydrogen-bond donors (Lipinski definition) is 2. The summed E-state index contributed by atoms with van der Waals surface area (Å²) >= 11 is 0. The van der Waals surface area contributed by atoms with Gasteiger partial charge in [0.05, 0.1) is 0 Å². The Labute approximate surface area is 109 Å². The van der Waals surface area contributed by atoms with Gasteiger partial charge in [-0.25, -0.2) is 0 Å². The Kier molecular flexibility index (Phi) is 4.62. The van der Waals surface area contributed by atoms with Crippen molar-refractivity contribution in [3.63, 3.8) is 0 Å². The van der Waals surface area contributed by atoms with Gasteiger partial charge >= 0.3 is 0 Å². The lowest BCUT2D eigenvalue weighted by atomic mass is 10.1. The first kappa shape index (κ1) is 12.9. The molecule has 18 heavy (non-hydrogen) atoms. The van der Waals surface area contributed by atoms with Crippen LogP contribution in [0, 0.1) is 0 Å². The number of nitrogens with one attached hydrogen (secondary N) is 2. The van der Waals surface area contributed by atoms with Crippen molar-refractivity contribution in [3.8, 4) is 0 Å². The van der Waals surface area contributed by atoms with Crippen LogP contribution in [0.5, 0.6) is 0 Å². The topological polar surface area (TPSA) is 41.1 Å². The summed E-state index contributed by atoms with van der Waals surface area (Å²) in [5, 5.41) is 6.40. The molecule has 1 amide bonds. The molecular formula is C15H22N2O. The summed E-state index contributed by atoms with van der Waals surface area (Å²) in [6.07, 6.45) is 5.84. The Bertz CT molecular complexity index is 380. The van der Waals surface area contributed by atoms with Gasteiger partial charge in [-0.3, -0.25) is 4.79 Å². The predicted molar refractivity (Wildman–Crippen MR) is 74.9 cm³/mol. The van der Waals surface area contributed by atoms with Gasteiger partial charge in [0.25, 0.3) is 5.91 Å². The first-order chi connectivity index (χ1) is 8.79. The van der Waals surface area contributed by atoms with Crippen molar-refractivity contribution < 1.29 is 4.79 Å². The second kappa shape index (κ2) is 6.43. The minimum absolute atomic E-state index is 0.0592. The molecular weight excluding hydrogens is 224 g/mol. The maximum absolute atomic E-state index is 12.0. The van der Waals surface area contributed by atoms with Crippen molar-refractivity contribution in [2.45, 2.75) is 45.1 Å². The summed E-state index contributed by atoms with van der Waals surface area (Å²) < 4.78 is 0. The van der Waals surface area contributed by atoms with Gasteiger partial charge in [-0.15, -0.1) is 0 Å². The molecule has 1 aliphatic carbocycles. The lowest BCUT2D eigenvalue weighted by molar-refractivity contribution is 0.0938. The van der Waals surface area contributed by atoms with E-state index in [2.05, 4.69) is 17.6 Å². The smallest absolute Gasteiger partial charge is 0.251 e. The Balaban J connectivity index is 1.89. The largest absolute Gasteiger partial charge is 0.385 e. The van der Waals surface area contributed by atoms with Crippen LogP contribution in [-0.4, -0.2) is 18.5 Å². The predicted octanol–water partition coefficient (Wildman–Crippen LogP) is 3.18. The van der Waals surface area contributed by atoms with Gasteiger partial charge in [0.2, 0.25) is 0 Å². The number of rotatable bonds is 5. The molecule has 0 radical (unpaired) electrons. The molecule has 1 saturated carbocycles. The van der Waals surface area contributed by atoms with E-state index in [9.17, 15) is 4.79 Å². The third kappa shape index (κ3) is 3.49. The lowest BCUT2D eigenvalue weighted by Crippen LogP contribution is -2.32. The van der Waals surface area contributed by atoms with Crippen molar-refractivity contribution in [1.82, 2.24) is 5.32 Å². The van der Waals surface area contributed by atoms with Gasteiger partial charge in [-0.2, -0.15) is 0 Å². The standard InChI is InChI=1S/C15H22N2O/c1-2-11-16-13-9-7-12(8-10-13)15(18)17-14-5-3-4-6-14/h7-10,14,16H,2-6,11H2,1H3,(H,17,18). The molecule has 2 N–H and O–H groups in total. The molecule has 0 bridgehead atoms. The Morgan fingerprint density at radius 2 is 1.89 bits per heavy atom. The van der Waals surface area contributed by atoms with Gasteiger partial charge in [0, 0.05) is 23.8 Å². The Morgan fingerprint density at radius 1 is 1.22 bits per heavy atom. The van der Waals surface area contributed by atoms with Gasteiger partial charge in [0.1, 0.15) is 0 Å². The van der Waals surface area contributed by atoms with Crippen LogP contribution in [0.3, 0.4) is 0 Å². The molecule has 0 heterocycles. The highest BCUT2D eigenvalue weighted by Gasteiger charge is 2.17. The lowest BCUT2D eigenvalue weighted by Gasteiger charge is -2.12. The molecule has 1 aromatic carbocycles. The maximum atomic E-state index is 12.0. The second-order valence-corrected chi connectivity index (χ2v) is 4.96. The van der Waals surface area contributed by atoms with E-state index in [0.29, 0.717) is 6.04 Å². The van der Waals surface area contributed by atoms with Crippen LogP contribution >= 0.6 is 0 Å². The van der Waals surface area contributed by atoms with Crippen LogP contribution in [0.15, 0.2) is 24.3 Å². The molecule has 0 aromatic heterocycles. The molecule has 0 saturated heterocycles. The van der Waals surface area contributed by atoms with E-state index in [4.69, 9.17) is 0 Å². The summed E-state index contributed by atoms with van der Waals surface area (Å²) in [5.41, 5.74) is 1.83. The molecule has 1 aromatic rings. The Morgan fingerprint density at radius 3 is 2.50 bits per heavy atom. The minimum Gasteiger partial charge on any atom is -0.385 e. The first-order valence-electron chi connectivity index (χ1n) is 6.94. The van der Waals surface area contributed by atoms with E-state index in [-0.39, 0.29) is 5.91 Å². The number of hydrogen-bond acceptors (Lipinski definition) is 2. The third-order valence-corrected chi connectivity index (χ3v) is 3.42. The molecule has 1 fully saturated rings. The minimum atomic E-state index is 0.0592. The van der Waals surface area contributed by atoms with Crippen molar-refractivity contribution in [3.05, 3.63) is 29.8 Å². The molecule has 0 atom stereocenters. The third-order valence-electron chi connectivity index (χ3n) is 3.42. The van der Waals surface area contributed by atoms with Crippen LogP contribution in [0.25, 0.3) is 0 Å².